The molecule has 0 spiro atoms. The lowest BCUT2D eigenvalue weighted by molar-refractivity contribution is -0.122. The third-order valence-electron chi connectivity index (χ3n) is 4.35. The molecule has 1 aromatic rings. The van der Waals surface area contributed by atoms with E-state index in [1.54, 1.807) is 12.1 Å². The third kappa shape index (κ3) is 5.46. The van der Waals surface area contributed by atoms with Gasteiger partial charge in [0.15, 0.2) is 5.78 Å². The maximum Gasteiger partial charge on any atom is 0.220 e. The molecule has 0 saturated heterocycles. The quantitative estimate of drug-likeness (QED) is 0.665. The molecule has 0 aromatic heterocycles. The maximum atomic E-state index is 12.3. The van der Waals surface area contributed by atoms with Crippen LogP contribution >= 0.6 is 28.3 Å². The summed E-state index contributed by atoms with van der Waals surface area (Å²) in [5, 5.41) is 3.02. The molecule has 1 amide bonds. The number of hydrogen-bond acceptors (Lipinski definition) is 4. The van der Waals surface area contributed by atoms with E-state index >= 15 is 0 Å². The Hall–Kier alpha value is -1.11. The van der Waals surface area contributed by atoms with Crippen molar-refractivity contribution >= 4 is 40.0 Å². The second-order valence-corrected chi connectivity index (χ2v) is 6.78. The van der Waals surface area contributed by atoms with Crippen LogP contribution in [0.3, 0.4) is 0 Å². The number of methoxy groups -OCH3 is 1. The number of halogens is 2. The van der Waals surface area contributed by atoms with Crippen LogP contribution in [0.4, 0.5) is 0 Å². The Morgan fingerprint density at radius 1 is 1.33 bits per heavy atom. The van der Waals surface area contributed by atoms with Crippen molar-refractivity contribution < 1.29 is 14.3 Å². The van der Waals surface area contributed by atoms with Gasteiger partial charge in [0, 0.05) is 23.4 Å². The van der Waals surface area contributed by atoms with Gasteiger partial charge in [-0.15, -0.1) is 12.4 Å². The fraction of sp³-hybridized carbons (Fsp3) is 0.529. The number of carbonyl (C=O) groups is 2. The number of Topliss-reactive ketones (excluding diaryl/α,β-unsaturated/α-hetero) is 1. The Balaban J connectivity index is 0.00000288. The predicted molar refractivity (Wildman–Crippen MR) is 99.8 cm³/mol. The molecule has 1 aliphatic carbocycles. The Kier molecular flexibility index (Phi) is 8.73. The molecule has 2 atom stereocenters. The van der Waals surface area contributed by atoms with Gasteiger partial charge in [0.05, 0.1) is 12.7 Å². The molecular formula is C17H24BrClN2O3. The molecule has 134 valence electrons. The Labute approximate surface area is 157 Å². The number of nitrogens with two attached hydrogens (primary N) is 1. The van der Waals surface area contributed by atoms with Crippen molar-refractivity contribution in [1.82, 2.24) is 5.32 Å². The van der Waals surface area contributed by atoms with E-state index in [4.69, 9.17) is 10.5 Å². The summed E-state index contributed by atoms with van der Waals surface area (Å²) in [6.45, 7) is 0.596. The monoisotopic (exact) mass is 418 g/mol. The first-order chi connectivity index (χ1) is 11.0. The van der Waals surface area contributed by atoms with Crippen LogP contribution in [-0.2, 0) is 4.79 Å². The van der Waals surface area contributed by atoms with Crippen molar-refractivity contribution in [3.05, 3.63) is 28.2 Å². The van der Waals surface area contributed by atoms with Crippen LogP contribution in [-0.4, -0.2) is 31.4 Å². The maximum absolute atomic E-state index is 12.3. The number of nitrogens with one attached hydrogen (secondary N) is 1. The Morgan fingerprint density at radius 3 is 2.75 bits per heavy atom. The average molecular weight is 420 g/mol. The fourth-order valence-electron chi connectivity index (χ4n) is 3.05. The van der Waals surface area contributed by atoms with Crippen molar-refractivity contribution in [2.24, 2.45) is 11.7 Å². The molecule has 0 aliphatic heterocycles. The van der Waals surface area contributed by atoms with Gasteiger partial charge in [-0.2, -0.15) is 0 Å². The van der Waals surface area contributed by atoms with E-state index in [9.17, 15) is 9.59 Å². The van der Waals surface area contributed by atoms with Crippen LogP contribution in [0, 0.1) is 5.92 Å². The Morgan fingerprint density at radius 2 is 2.08 bits per heavy atom. The van der Waals surface area contributed by atoms with Crippen molar-refractivity contribution in [1.29, 1.82) is 0 Å². The molecular weight excluding hydrogens is 396 g/mol. The summed E-state index contributed by atoms with van der Waals surface area (Å²) in [6, 6.07) is 5.43. The zero-order chi connectivity index (χ0) is 16.8. The molecule has 1 aromatic carbocycles. The SMILES string of the molecule is COc1ccc(Br)cc1C(=O)CCC(=O)NC1CCCC1CN.Cl. The van der Waals surface area contributed by atoms with E-state index in [-0.39, 0.29) is 43.0 Å². The summed E-state index contributed by atoms with van der Waals surface area (Å²) in [4.78, 5) is 24.4. The number of carbonyl (C=O) groups excluding carboxylic acids is 2. The number of amides is 1. The van der Waals surface area contributed by atoms with Gasteiger partial charge in [-0.1, -0.05) is 22.4 Å². The van der Waals surface area contributed by atoms with Crippen molar-refractivity contribution in [2.75, 3.05) is 13.7 Å². The van der Waals surface area contributed by atoms with E-state index in [2.05, 4.69) is 21.2 Å². The molecule has 1 saturated carbocycles. The lowest BCUT2D eigenvalue weighted by atomic mass is 10.0. The second-order valence-electron chi connectivity index (χ2n) is 5.87. The van der Waals surface area contributed by atoms with Crippen LogP contribution < -0.4 is 15.8 Å². The van der Waals surface area contributed by atoms with Gasteiger partial charge in [0.1, 0.15) is 5.75 Å². The lowest BCUT2D eigenvalue weighted by Gasteiger charge is -2.19. The van der Waals surface area contributed by atoms with Crippen LogP contribution in [0.15, 0.2) is 22.7 Å². The molecule has 3 N–H and O–H groups in total. The van der Waals surface area contributed by atoms with E-state index in [0.717, 1.165) is 23.7 Å². The topological polar surface area (TPSA) is 81.4 Å². The molecule has 0 bridgehead atoms. The van der Waals surface area contributed by atoms with E-state index in [1.165, 1.54) is 7.11 Å². The molecule has 1 aliphatic rings. The summed E-state index contributed by atoms with van der Waals surface area (Å²) in [6.07, 6.45) is 3.48. The fourth-order valence-corrected chi connectivity index (χ4v) is 3.41. The van der Waals surface area contributed by atoms with Crippen LogP contribution in [0.5, 0.6) is 5.75 Å². The minimum atomic E-state index is -0.0971. The highest BCUT2D eigenvalue weighted by Gasteiger charge is 2.27. The highest BCUT2D eigenvalue weighted by Crippen LogP contribution is 2.26. The van der Waals surface area contributed by atoms with Gasteiger partial charge < -0.3 is 15.8 Å². The number of rotatable bonds is 7. The highest BCUT2D eigenvalue weighted by molar-refractivity contribution is 9.10. The van der Waals surface area contributed by atoms with Crippen molar-refractivity contribution in [2.45, 2.75) is 38.1 Å². The third-order valence-corrected chi connectivity index (χ3v) is 4.84. The Bertz CT molecular complexity index is 583. The lowest BCUT2D eigenvalue weighted by Crippen LogP contribution is -2.39. The molecule has 2 unspecified atom stereocenters. The zero-order valence-electron chi connectivity index (χ0n) is 13.7. The molecule has 24 heavy (non-hydrogen) atoms. The van der Waals surface area contributed by atoms with Crippen molar-refractivity contribution in [3.63, 3.8) is 0 Å². The van der Waals surface area contributed by atoms with Crippen LogP contribution in [0.2, 0.25) is 0 Å². The smallest absolute Gasteiger partial charge is 0.220 e. The molecule has 0 radical (unpaired) electrons. The first-order valence-corrected chi connectivity index (χ1v) is 8.70. The number of hydrogen-bond donors (Lipinski definition) is 2. The standard InChI is InChI=1S/C17H23BrN2O3.ClH/c1-23-16-7-5-12(18)9-13(16)15(21)6-8-17(22)20-14-4-2-3-11(14)10-19;/h5,7,9,11,14H,2-4,6,8,10,19H2,1H3,(H,20,22);1H. The molecule has 1 fully saturated rings. The minimum absolute atomic E-state index is 0. The molecule has 5 nitrogen and oxygen atoms in total. The van der Waals surface area contributed by atoms with Gasteiger partial charge >= 0.3 is 0 Å². The predicted octanol–water partition coefficient (Wildman–Crippen LogP) is 3.09. The largest absolute Gasteiger partial charge is 0.496 e. The summed E-state index contributed by atoms with van der Waals surface area (Å²) in [5.41, 5.74) is 6.22. The molecule has 7 heteroatoms. The van der Waals surface area contributed by atoms with Gasteiger partial charge in [0.25, 0.3) is 0 Å². The highest BCUT2D eigenvalue weighted by atomic mass is 79.9. The minimum Gasteiger partial charge on any atom is -0.496 e. The average Bonchev–Trinajstić information content (AvgIpc) is 2.99. The molecule has 0 heterocycles. The van der Waals surface area contributed by atoms with Crippen LogP contribution in [0.25, 0.3) is 0 Å². The van der Waals surface area contributed by atoms with Gasteiger partial charge in [0.2, 0.25) is 5.91 Å². The van der Waals surface area contributed by atoms with Crippen LogP contribution in [0.1, 0.15) is 42.5 Å². The first kappa shape index (κ1) is 20.9. The van der Waals surface area contributed by atoms with E-state index in [0.29, 0.717) is 23.8 Å². The zero-order valence-corrected chi connectivity index (χ0v) is 16.1. The summed E-state index contributed by atoms with van der Waals surface area (Å²) >= 11 is 3.35. The number of ketones is 1. The van der Waals surface area contributed by atoms with Gasteiger partial charge in [-0.3, -0.25) is 9.59 Å². The second kappa shape index (κ2) is 10.0. The number of ether oxygens (including phenoxy) is 1. The van der Waals surface area contributed by atoms with E-state index < -0.39 is 0 Å². The summed E-state index contributed by atoms with van der Waals surface area (Å²) < 4.78 is 6.02. The molecule has 2 rings (SSSR count). The normalized spacial score (nSPS) is 19.5. The van der Waals surface area contributed by atoms with Crippen molar-refractivity contribution in [3.8, 4) is 5.75 Å². The first-order valence-electron chi connectivity index (χ1n) is 7.91. The summed E-state index contributed by atoms with van der Waals surface area (Å²) in [5.74, 6) is 0.704. The van der Waals surface area contributed by atoms with Gasteiger partial charge in [-0.25, -0.2) is 0 Å². The summed E-state index contributed by atoms with van der Waals surface area (Å²) in [7, 11) is 1.53. The van der Waals surface area contributed by atoms with E-state index in [1.807, 2.05) is 6.07 Å². The van der Waals surface area contributed by atoms with Gasteiger partial charge in [-0.05, 0) is 43.5 Å². The number of benzene rings is 1.